The van der Waals surface area contributed by atoms with Gasteiger partial charge in [-0.1, -0.05) is 12.1 Å². The molecule has 2 aromatic rings. The minimum atomic E-state index is -0.478. The predicted molar refractivity (Wildman–Crippen MR) is 152 cm³/mol. The Morgan fingerprint density at radius 2 is 1.87 bits per heavy atom. The fourth-order valence-electron chi connectivity index (χ4n) is 5.32. The molecule has 1 amide bonds. The zero-order valence-corrected chi connectivity index (χ0v) is 23.4. The monoisotopic (exact) mass is 568 g/mol. The molecule has 0 radical (unpaired) electrons. The molecule has 0 aromatic heterocycles. The first kappa shape index (κ1) is 31.8. The summed E-state index contributed by atoms with van der Waals surface area (Å²) in [5, 5.41) is 24.4. The minimum absolute atomic E-state index is 0. The lowest BCUT2D eigenvalue weighted by atomic mass is 9.83. The number of aryl methyl sites for hydroxylation is 1. The summed E-state index contributed by atoms with van der Waals surface area (Å²) < 4.78 is 6.40. The number of nitrogens with one attached hydrogen (secondary N) is 1. The summed E-state index contributed by atoms with van der Waals surface area (Å²) >= 11 is 0. The lowest BCUT2D eigenvalue weighted by Gasteiger charge is -2.40. The molecule has 2 heterocycles. The lowest BCUT2D eigenvalue weighted by molar-refractivity contribution is -0.384. The second-order valence-electron chi connectivity index (χ2n) is 10.0. The summed E-state index contributed by atoms with van der Waals surface area (Å²) in [6.07, 6.45) is 3.46. The summed E-state index contributed by atoms with van der Waals surface area (Å²) in [6, 6.07) is 9.59. The molecule has 1 unspecified atom stereocenters. The number of fused-ring (bicyclic) bond motifs is 1. The zero-order chi connectivity index (χ0) is 25.8. The van der Waals surface area contributed by atoms with Gasteiger partial charge in [0.15, 0.2) is 0 Å². The normalized spacial score (nSPS) is 20.4. The van der Waals surface area contributed by atoms with Gasteiger partial charge in [0.25, 0.3) is 11.6 Å². The summed E-state index contributed by atoms with van der Waals surface area (Å²) in [7, 11) is 0. The molecule has 3 atom stereocenters. The van der Waals surface area contributed by atoms with Crippen molar-refractivity contribution in [3.8, 4) is 5.75 Å². The molecule has 38 heavy (non-hydrogen) atoms. The van der Waals surface area contributed by atoms with Crippen molar-refractivity contribution in [2.75, 3.05) is 26.2 Å². The Hall–Kier alpha value is -2.43. The van der Waals surface area contributed by atoms with E-state index in [1.165, 1.54) is 24.3 Å². The number of phenols is 1. The third-order valence-corrected chi connectivity index (χ3v) is 7.58. The number of hydrogen-bond donors (Lipinski definition) is 3. The van der Waals surface area contributed by atoms with Gasteiger partial charge in [0.05, 0.1) is 17.1 Å². The Kier molecular flexibility index (Phi) is 11.8. The molecule has 11 heteroatoms. The number of nitro benzene ring substituents is 1. The Balaban J connectivity index is 0.00000253. The van der Waals surface area contributed by atoms with E-state index in [-0.39, 0.29) is 54.7 Å². The van der Waals surface area contributed by atoms with E-state index in [2.05, 4.69) is 10.2 Å². The van der Waals surface area contributed by atoms with Gasteiger partial charge in [0.1, 0.15) is 5.75 Å². The van der Waals surface area contributed by atoms with Crippen LogP contribution in [0.2, 0.25) is 0 Å². The topological polar surface area (TPSA) is 131 Å². The quantitative estimate of drug-likeness (QED) is 0.319. The maximum atomic E-state index is 12.5. The number of phenolic OH excluding ortho intramolecular Hbond substituents is 1. The third-order valence-electron chi connectivity index (χ3n) is 7.58. The number of hydrogen-bond acceptors (Lipinski definition) is 7. The van der Waals surface area contributed by atoms with E-state index in [0.29, 0.717) is 23.8 Å². The number of carbonyl (C=O) groups is 1. The molecule has 1 saturated heterocycles. The van der Waals surface area contributed by atoms with Crippen molar-refractivity contribution in [3.05, 3.63) is 68.8 Å². The van der Waals surface area contributed by atoms with Gasteiger partial charge < -0.3 is 25.8 Å². The number of carbonyl (C=O) groups excluding carboxylic acids is 1. The number of non-ortho nitro benzene ring substituents is 1. The smallest absolute Gasteiger partial charge is 0.269 e. The zero-order valence-electron chi connectivity index (χ0n) is 21.8. The predicted octanol–water partition coefficient (Wildman–Crippen LogP) is 4.31. The number of piperidine rings is 1. The maximum absolute atomic E-state index is 12.5. The summed E-state index contributed by atoms with van der Waals surface area (Å²) in [6.45, 7) is 7.11. The van der Waals surface area contributed by atoms with E-state index in [1.807, 2.05) is 26.0 Å². The van der Waals surface area contributed by atoms with E-state index < -0.39 is 4.92 Å². The molecule has 210 valence electrons. The maximum Gasteiger partial charge on any atom is 0.269 e. The molecule has 4 rings (SSSR count). The number of likely N-dealkylation sites (tertiary alicyclic amines) is 1. The molecule has 1 fully saturated rings. The van der Waals surface area contributed by atoms with Gasteiger partial charge in [-0.25, -0.2) is 0 Å². The van der Waals surface area contributed by atoms with Gasteiger partial charge in [0, 0.05) is 48.8 Å². The average Bonchev–Trinajstić information content (AvgIpc) is 2.89. The summed E-state index contributed by atoms with van der Waals surface area (Å²) in [5.41, 5.74) is 9.28. The fourth-order valence-corrected chi connectivity index (χ4v) is 5.32. The minimum Gasteiger partial charge on any atom is -0.507 e. The van der Waals surface area contributed by atoms with Crippen molar-refractivity contribution in [3.63, 3.8) is 0 Å². The van der Waals surface area contributed by atoms with Crippen LogP contribution in [0.3, 0.4) is 0 Å². The highest BCUT2D eigenvalue weighted by Gasteiger charge is 2.35. The number of halogens is 2. The van der Waals surface area contributed by atoms with Gasteiger partial charge in [-0.2, -0.15) is 0 Å². The summed E-state index contributed by atoms with van der Waals surface area (Å²) in [4.78, 5) is 25.2. The molecule has 2 aliphatic heterocycles. The molecule has 0 saturated carbocycles. The number of nitro groups is 1. The van der Waals surface area contributed by atoms with E-state index in [9.17, 15) is 20.0 Å². The number of nitrogens with two attached hydrogens (primary N) is 1. The van der Waals surface area contributed by atoms with Crippen LogP contribution in [-0.2, 0) is 11.2 Å². The molecule has 4 N–H and O–H groups in total. The van der Waals surface area contributed by atoms with Crippen LogP contribution in [0.25, 0.3) is 0 Å². The molecular weight excluding hydrogens is 531 g/mol. The summed E-state index contributed by atoms with van der Waals surface area (Å²) in [5.74, 6) is 0.572. The third kappa shape index (κ3) is 7.36. The Labute approximate surface area is 236 Å². The van der Waals surface area contributed by atoms with Crippen molar-refractivity contribution in [2.45, 2.75) is 57.8 Å². The second-order valence-corrected chi connectivity index (χ2v) is 10.0. The Bertz CT molecular complexity index is 1090. The van der Waals surface area contributed by atoms with E-state index in [1.54, 1.807) is 0 Å². The second kappa shape index (κ2) is 14.1. The average molecular weight is 570 g/mol. The fraction of sp³-hybridized carbons (Fsp3) is 0.519. The van der Waals surface area contributed by atoms with Crippen molar-refractivity contribution < 1.29 is 19.6 Å². The first-order valence-electron chi connectivity index (χ1n) is 12.7. The van der Waals surface area contributed by atoms with Crippen LogP contribution in [0.15, 0.2) is 36.4 Å². The molecule has 0 aliphatic carbocycles. The number of benzene rings is 2. The number of nitrogens with zero attached hydrogens (tertiary/aromatic N) is 2. The van der Waals surface area contributed by atoms with Crippen molar-refractivity contribution in [1.29, 1.82) is 0 Å². The first-order chi connectivity index (χ1) is 17.3. The van der Waals surface area contributed by atoms with Crippen LogP contribution in [0.4, 0.5) is 5.69 Å². The molecule has 2 aliphatic rings. The van der Waals surface area contributed by atoms with Gasteiger partial charge in [0.2, 0.25) is 0 Å². The first-order valence-corrected chi connectivity index (χ1v) is 12.7. The molecular formula is C27H38Cl2N4O5. The largest absolute Gasteiger partial charge is 0.507 e. The van der Waals surface area contributed by atoms with Gasteiger partial charge in [-0.15, -0.1) is 24.8 Å². The highest BCUT2D eigenvalue weighted by atomic mass is 35.5. The number of aromatic hydroxyl groups is 1. The van der Waals surface area contributed by atoms with Crippen LogP contribution in [0.5, 0.6) is 5.75 Å². The van der Waals surface area contributed by atoms with Crippen molar-refractivity contribution in [2.24, 2.45) is 11.7 Å². The molecule has 0 spiro atoms. The van der Waals surface area contributed by atoms with Crippen LogP contribution >= 0.6 is 24.8 Å². The van der Waals surface area contributed by atoms with Gasteiger partial charge in [-0.05, 0) is 75.4 Å². The SMILES string of the molecule is Cc1ccc2c(c1O)C[C@@H](C1CCN(CCC(C)NC(=O)c3ccc([N+](=O)[O-])cc3)CC1)O[C@H]2CN.Cl.Cl. The standard InChI is InChI=1S/C27H36N4O5.2ClH/c1-17-3-8-22-23(26(17)32)15-24(36-25(22)16-28)19-10-13-30(14-11-19)12-9-18(2)29-27(33)20-4-6-21(7-5-20)31(34)35;;/h3-8,18-19,24-25,32H,9-16,28H2,1-2H3,(H,29,33);2*1H/t18?,24-,25-;;/m0../s1. The van der Waals surface area contributed by atoms with Crippen molar-refractivity contribution >= 4 is 36.4 Å². The van der Waals surface area contributed by atoms with Gasteiger partial charge >= 0.3 is 0 Å². The van der Waals surface area contributed by atoms with Crippen LogP contribution < -0.4 is 11.1 Å². The Morgan fingerprint density at radius 1 is 1.21 bits per heavy atom. The van der Waals surface area contributed by atoms with Gasteiger partial charge in [-0.3, -0.25) is 14.9 Å². The number of rotatable bonds is 8. The van der Waals surface area contributed by atoms with Crippen molar-refractivity contribution in [1.82, 2.24) is 10.2 Å². The molecule has 0 bridgehead atoms. The lowest BCUT2D eigenvalue weighted by Crippen LogP contribution is -2.43. The van der Waals surface area contributed by atoms with E-state index in [0.717, 1.165) is 62.0 Å². The highest BCUT2D eigenvalue weighted by Crippen LogP contribution is 2.40. The van der Waals surface area contributed by atoms with E-state index >= 15 is 0 Å². The molecule has 9 nitrogen and oxygen atoms in total. The number of amides is 1. The van der Waals surface area contributed by atoms with Crippen LogP contribution in [0.1, 0.15) is 59.3 Å². The van der Waals surface area contributed by atoms with Crippen LogP contribution in [0, 0.1) is 23.0 Å². The van der Waals surface area contributed by atoms with E-state index in [4.69, 9.17) is 10.5 Å². The highest BCUT2D eigenvalue weighted by molar-refractivity contribution is 5.94. The Morgan fingerprint density at radius 3 is 2.47 bits per heavy atom. The van der Waals surface area contributed by atoms with Crippen LogP contribution in [-0.4, -0.2) is 59.2 Å². The molecule has 2 aromatic carbocycles. The number of ether oxygens (including phenoxy) is 1.